The molecule has 1 aliphatic heterocycles. The third-order valence-electron chi connectivity index (χ3n) is 3.06. The second-order valence-electron chi connectivity index (χ2n) is 4.71. The maximum absolute atomic E-state index is 9.13. The first kappa shape index (κ1) is 12.4. The van der Waals surface area contributed by atoms with E-state index in [1.54, 1.807) is 0 Å². The molecule has 0 amide bonds. The quantitative estimate of drug-likeness (QED) is 0.740. The number of aliphatic hydroxyl groups is 1. The highest BCUT2D eigenvalue weighted by atomic mass is 16.5. The minimum atomic E-state index is -0.186. The molecule has 94 valence electrons. The average molecular weight is 235 g/mol. The number of rotatable bonds is 6. The zero-order chi connectivity index (χ0) is 12.1. The Bertz CT molecular complexity index is 363. The Labute approximate surface area is 103 Å². The van der Waals surface area contributed by atoms with Crippen LogP contribution in [0.4, 0.5) is 0 Å². The molecule has 1 aromatic carbocycles. The van der Waals surface area contributed by atoms with E-state index < -0.39 is 0 Å². The Kier molecular flexibility index (Phi) is 4.40. The maximum atomic E-state index is 9.13. The fourth-order valence-corrected chi connectivity index (χ4v) is 2.11. The molecular weight excluding hydrogens is 214 g/mol. The number of nitrogens with one attached hydrogen (secondary N) is 1. The van der Waals surface area contributed by atoms with Crippen molar-refractivity contribution in [2.24, 2.45) is 0 Å². The monoisotopic (exact) mass is 235 g/mol. The predicted molar refractivity (Wildman–Crippen MR) is 68.3 cm³/mol. The molecule has 0 fully saturated rings. The minimum Gasteiger partial charge on any atom is -0.493 e. The Morgan fingerprint density at radius 1 is 1.47 bits per heavy atom. The average Bonchev–Trinajstić information content (AvgIpc) is 2.75. The topological polar surface area (TPSA) is 41.5 Å². The first-order chi connectivity index (χ1) is 8.25. The van der Waals surface area contributed by atoms with Gasteiger partial charge in [0.2, 0.25) is 0 Å². The van der Waals surface area contributed by atoms with Crippen LogP contribution in [0.25, 0.3) is 0 Å². The third-order valence-corrected chi connectivity index (χ3v) is 3.06. The summed E-state index contributed by atoms with van der Waals surface area (Å²) >= 11 is 0. The maximum Gasteiger partial charge on any atom is 0.122 e. The van der Waals surface area contributed by atoms with E-state index in [2.05, 4.69) is 23.5 Å². The highest BCUT2D eigenvalue weighted by molar-refractivity contribution is 5.39. The van der Waals surface area contributed by atoms with E-state index in [0.717, 1.165) is 44.7 Å². The van der Waals surface area contributed by atoms with E-state index in [0.29, 0.717) is 0 Å². The van der Waals surface area contributed by atoms with Crippen LogP contribution in [0.3, 0.4) is 0 Å². The molecule has 0 aliphatic carbocycles. The van der Waals surface area contributed by atoms with E-state index in [-0.39, 0.29) is 6.10 Å². The molecule has 2 rings (SSSR count). The Morgan fingerprint density at radius 3 is 3.18 bits per heavy atom. The summed E-state index contributed by atoms with van der Waals surface area (Å²) in [6.45, 7) is 4.51. The van der Waals surface area contributed by atoms with E-state index in [1.807, 2.05) is 6.92 Å². The molecule has 0 radical (unpaired) electrons. The summed E-state index contributed by atoms with van der Waals surface area (Å²) in [4.78, 5) is 0. The lowest BCUT2D eigenvalue weighted by Crippen LogP contribution is -2.16. The Morgan fingerprint density at radius 2 is 2.35 bits per heavy atom. The van der Waals surface area contributed by atoms with Crippen LogP contribution in [-0.2, 0) is 13.0 Å². The van der Waals surface area contributed by atoms with Crippen LogP contribution in [0, 0.1) is 0 Å². The summed E-state index contributed by atoms with van der Waals surface area (Å²) in [7, 11) is 0. The van der Waals surface area contributed by atoms with Crippen molar-refractivity contribution in [3.8, 4) is 5.75 Å². The van der Waals surface area contributed by atoms with Crippen molar-refractivity contribution >= 4 is 0 Å². The molecule has 0 aromatic heterocycles. The first-order valence-electron chi connectivity index (χ1n) is 6.39. The van der Waals surface area contributed by atoms with Gasteiger partial charge >= 0.3 is 0 Å². The van der Waals surface area contributed by atoms with Gasteiger partial charge in [0.15, 0.2) is 0 Å². The molecule has 0 saturated carbocycles. The summed E-state index contributed by atoms with van der Waals surface area (Å²) < 4.78 is 5.47. The van der Waals surface area contributed by atoms with Gasteiger partial charge in [-0.25, -0.2) is 0 Å². The molecule has 1 aromatic rings. The fourth-order valence-electron chi connectivity index (χ4n) is 2.11. The number of hydrogen-bond acceptors (Lipinski definition) is 3. The highest BCUT2D eigenvalue weighted by Gasteiger charge is 2.11. The molecule has 3 nitrogen and oxygen atoms in total. The molecule has 0 bridgehead atoms. The van der Waals surface area contributed by atoms with Gasteiger partial charge in [-0.1, -0.05) is 12.1 Å². The third kappa shape index (κ3) is 3.72. The van der Waals surface area contributed by atoms with Crippen molar-refractivity contribution < 1.29 is 9.84 Å². The van der Waals surface area contributed by atoms with Crippen molar-refractivity contribution in [1.82, 2.24) is 5.32 Å². The van der Waals surface area contributed by atoms with Crippen LogP contribution in [0.5, 0.6) is 5.75 Å². The van der Waals surface area contributed by atoms with Crippen LogP contribution >= 0.6 is 0 Å². The van der Waals surface area contributed by atoms with Crippen molar-refractivity contribution in [3.05, 3.63) is 29.3 Å². The van der Waals surface area contributed by atoms with Gasteiger partial charge in [0.25, 0.3) is 0 Å². The minimum absolute atomic E-state index is 0.186. The standard InChI is InChI=1S/C14H21NO2/c1-11(16)3-2-7-15-10-12-4-5-14-13(9-12)6-8-17-14/h4-5,9,11,15-16H,2-3,6-8,10H2,1H3. The summed E-state index contributed by atoms with van der Waals surface area (Å²) in [6.07, 6.45) is 2.73. The molecule has 1 unspecified atom stereocenters. The van der Waals surface area contributed by atoms with Gasteiger partial charge in [-0.15, -0.1) is 0 Å². The van der Waals surface area contributed by atoms with Crippen LogP contribution in [0.1, 0.15) is 30.9 Å². The largest absolute Gasteiger partial charge is 0.493 e. The summed E-state index contributed by atoms with van der Waals surface area (Å²) in [5.41, 5.74) is 2.64. The lowest BCUT2D eigenvalue weighted by Gasteiger charge is -2.07. The van der Waals surface area contributed by atoms with Crippen LogP contribution < -0.4 is 10.1 Å². The normalized spacial score (nSPS) is 15.4. The highest BCUT2D eigenvalue weighted by Crippen LogP contribution is 2.25. The molecule has 3 heteroatoms. The number of hydrogen-bond donors (Lipinski definition) is 2. The predicted octanol–water partition coefficient (Wildman–Crippen LogP) is 1.87. The molecule has 0 spiro atoms. The molecule has 2 N–H and O–H groups in total. The zero-order valence-electron chi connectivity index (χ0n) is 10.4. The summed E-state index contributed by atoms with van der Waals surface area (Å²) in [5, 5.41) is 12.5. The van der Waals surface area contributed by atoms with Crippen molar-refractivity contribution in [2.75, 3.05) is 13.2 Å². The van der Waals surface area contributed by atoms with Gasteiger partial charge < -0.3 is 15.2 Å². The Hall–Kier alpha value is -1.06. The van der Waals surface area contributed by atoms with Gasteiger partial charge in [-0.2, -0.15) is 0 Å². The van der Waals surface area contributed by atoms with Gasteiger partial charge in [-0.3, -0.25) is 0 Å². The lowest BCUT2D eigenvalue weighted by molar-refractivity contribution is 0.181. The number of ether oxygens (including phenoxy) is 1. The molecule has 0 saturated heterocycles. The van der Waals surface area contributed by atoms with Gasteiger partial charge in [0.05, 0.1) is 12.7 Å². The number of fused-ring (bicyclic) bond motifs is 1. The van der Waals surface area contributed by atoms with E-state index >= 15 is 0 Å². The van der Waals surface area contributed by atoms with Crippen molar-refractivity contribution in [2.45, 2.75) is 38.8 Å². The Balaban J connectivity index is 1.72. The smallest absolute Gasteiger partial charge is 0.122 e. The summed E-state index contributed by atoms with van der Waals surface area (Å²) in [5.74, 6) is 1.04. The zero-order valence-corrected chi connectivity index (χ0v) is 10.4. The fraction of sp³-hybridized carbons (Fsp3) is 0.571. The van der Waals surface area contributed by atoms with Gasteiger partial charge in [-0.05, 0) is 43.5 Å². The van der Waals surface area contributed by atoms with E-state index in [4.69, 9.17) is 9.84 Å². The molecular formula is C14H21NO2. The van der Waals surface area contributed by atoms with Gasteiger partial charge in [0.1, 0.15) is 5.75 Å². The van der Waals surface area contributed by atoms with E-state index in [9.17, 15) is 0 Å². The first-order valence-corrected chi connectivity index (χ1v) is 6.39. The van der Waals surface area contributed by atoms with E-state index in [1.165, 1.54) is 11.1 Å². The number of aliphatic hydroxyl groups excluding tert-OH is 1. The van der Waals surface area contributed by atoms with Crippen LogP contribution in [0.15, 0.2) is 18.2 Å². The molecule has 17 heavy (non-hydrogen) atoms. The lowest BCUT2D eigenvalue weighted by atomic mass is 10.1. The van der Waals surface area contributed by atoms with Crippen LogP contribution in [0.2, 0.25) is 0 Å². The van der Waals surface area contributed by atoms with Crippen molar-refractivity contribution in [1.29, 1.82) is 0 Å². The van der Waals surface area contributed by atoms with Crippen molar-refractivity contribution in [3.63, 3.8) is 0 Å². The van der Waals surface area contributed by atoms with Crippen LogP contribution in [-0.4, -0.2) is 24.4 Å². The molecule has 1 aliphatic rings. The number of benzene rings is 1. The second-order valence-corrected chi connectivity index (χ2v) is 4.71. The second kappa shape index (κ2) is 6.03. The van der Waals surface area contributed by atoms with Gasteiger partial charge in [0, 0.05) is 13.0 Å². The SMILES string of the molecule is CC(O)CCCNCc1ccc2c(c1)CCO2. The summed E-state index contributed by atoms with van der Waals surface area (Å²) in [6, 6.07) is 6.41. The molecule has 1 atom stereocenters. The molecule has 1 heterocycles.